The molecule has 1 unspecified atom stereocenters. The molecule has 5 nitrogen and oxygen atoms in total. The van der Waals surface area contributed by atoms with Crippen LogP contribution in [-0.2, 0) is 14.8 Å². The Morgan fingerprint density at radius 2 is 1.95 bits per heavy atom. The molecule has 1 aromatic rings. The maximum Gasteiger partial charge on any atom is 0.244 e. The molecule has 0 aromatic heterocycles. The first-order valence-electron chi connectivity index (χ1n) is 6.87. The molecule has 0 saturated carbocycles. The smallest absolute Gasteiger partial charge is 0.244 e. The molecule has 22 heavy (non-hydrogen) atoms. The molecule has 1 aromatic carbocycles. The third kappa shape index (κ3) is 3.28. The van der Waals surface area contributed by atoms with Crippen molar-refractivity contribution in [2.75, 3.05) is 18.7 Å². The highest BCUT2D eigenvalue weighted by Crippen LogP contribution is 2.29. The van der Waals surface area contributed by atoms with E-state index in [1.807, 2.05) is 13.8 Å². The van der Waals surface area contributed by atoms with Gasteiger partial charge in [0.2, 0.25) is 15.9 Å². The van der Waals surface area contributed by atoms with E-state index in [0.29, 0.717) is 5.75 Å². The number of sulfonamides is 1. The second-order valence-electron chi connectivity index (χ2n) is 5.40. The quantitative estimate of drug-likeness (QED) is 0.833. The number of benzene rings is 1. The first-order valence-corrected chi connectivity index (χ1v) is 9.46. The van der Waals surface area contributed by atoms with Gasteiger partial charge in [-0.25, -0.2) is 12.8 Å². The highest BCUT2D eigenvalue weighted by molar-refractivity contribution is 8.00. The zero-order chi connectivity index (χ0) is 16.5. The maximum absolute atomic E-state index is 13.0. The van der Waals surface area contributed by atoms with Gasteiger partial charge in [0.15, 0.2) is 0 Å². The molecule has 0 aliphatic carbocycles. The van der Waals surface area contributed by atoms with Crippen LogP contribution >= 0.6 is 11.8 Å². The minimum Gasteiger partial charge on any atom is -0.342 e. The largest absolute Gasteiger partial charge is 0.342 e. The molecule has 1 fully saturated rings. The average molecular weight is 346 g/mol. The normalized spacial score (nSPS) is 19.6. The molecular weight excluding hydrogens is 327 g/mol. The third-order valence-corrected chi connectivity index (χ3v) is 6.71. The summed E-state index contributed by atoms with van der Waals surface area (Å²) in [6.45, 7) is 3.75. The summed E-state index contributed by atoms with van der Waals surface area (Å²) >= 11 is 1.40. The number of carbonyl (C=O) groups is 1. The van der Waals surface area contributed by atoms with E-state index in [4.69, 9.17) is 0 Å². The van der Waals surface area contributed by atoms with Gasteiger partial charge in [0, 0.05) is 18.8 Å². The lowest BCUT2D eigenvalue weighted by molar-refractivity contribution is -0.134. The summed E-state index contributed by atoms with van der Waals surface area (Å²) < 4.78 is 39.5. The van der Waals surface area contributed by atoms with Crippen LogP contribution in [0, 0.1) is 5.82 Å². The highest BCUT2D eigenvalue weighted by atomic mass is 32.2. The number of hydrogen-bond donors (Lipinski definition) is 0. The van der Waals surface area contributed by atoms with Crippen LogP contribution in [0.25, 0.3) is 0 Å². The third-order valence-electron chi connectivity index (χ3n) is 3.67. The van der Waals surface area contributed by atoms with E-state index in [1.54, 1.807) is 11.9 Å². The molecule has 0 N–H and O–H groups in total. The zero-order valence-corrected chi connectivity index (χ0v) is 14.3. The van der Waals surface area contributed by atoms with Crippen LogP contribution < -0.4 is 0 Å². The Balaban J connectivity index is 2.30. The molecule has 0 bridgehead atoms. The molecule has 1 amide bonds. The first kappa shape index (κ1) is 17.2. The summed E-state index contributed by atoms with van der Waals surface area (Å²) in [5, 5.41) is 0. The van der Waals surface area contributed by atoms with Crippen molar-refractivity contribution >= 4 is 27.7 Å². The number of halogens is 1. The standard InChI is InChI=1S/C14H19FN2O3S2/c1-10(2)16(3)14(18)13-8-21-9-17(13)22(19,20)12-6-4-11(15)5-7-12/h4-7,10,13H,8-9H2,1-3H3. The lowest BCUT2D eigenvalue weighted by atomic mass is 10.2. The van der Waals surface area contributed by atoms with Crippen LogP contribution in [0.2, 0.25) is 0 Å². The van der Waals surface area contributed by atoms with Gasteiger partial charge in [0.1, 0.15) is 11.9 Å². The molecule has 8 heteroatoms. The van der Waals surface area contributed by atoms with Gasteiger partial charge in [0.05, 0.1) is 10.8 Å². The Hall–Kier alpha value is -1.12. The number of thioether (sulfide) groups is 1. The van der Waals surface area contributed by atoms with Gasteiger partial charge < -0.3 is 4.90 Å². The maximum atomic E-state index is 13.0. The summed E-state index contributed by atoms with van der Waals surface area (Å²) in [5.41, 5.74) is 0. The van der Waals surface area contributed by atoms with Gasteiger partial charge in [-0.2, -0.15) is 4.31 Å². The molecule has 1 aliphatic rings. The van der Waals surface area contributed by atoms with Gasteiger partial charge in [0.25, 0.3) is 0 Å². The van der Waals surface area contributed by atoms with Crippen LogP contribution in [0.1, 0.15) is 13.8 Å². The topological polar surface area (TPSA) is 57.7 Å². The summed E-state index contributed by atoms with van der Waals surface area (Å²) in [5.74, 6) is -0.0640. The van der Waals surface area contributed by atoms with E-state index < -0.39 is 21.9 Å². The number of hydrogen-bond acceptors (Lipinski definition) is 4. The zero-order valence-electron chi connectivity index (χ0n) is 12.7. The summed E-state index contributed by atoms with van der Waals surface area (Å²) in [4.78, 5) is 14.0. The lowest BCUT2D eigenvalue weighted by Gasteiger charge is -2.29. The van der Waals surface area contributed by atoms with Crippen LogP contribution in [0.4, 0.5) is 4.39 Å². The fraction of sp³-hybridized carbons (Fsp3) is 0.500. The van der Waals surface area contributed by atoms with Crippen molar-refractivity contribution in [3.05, 3.63) is 30.1 Å². The number of likely N-dealkylation sites (N-methyl/N-ethyl adjacent to an activating group) is 1. The molecule has 122 valence electrons. The van der Waals surface area contributed by atoms with Crippen LogP contribution in [-0.4, -0.2) is 54.3 Å². The van der Waals surface area contributed by atoms with Crippen LogP contribution in [0.15, 0.2) is 29.2 Å². The number of amides is 1. The van der Waals surface area contributed by atoms with Gasteiger partial charge in [-0.3, -0.25) is 4.79 Å². The average Bonchev–Trinajstić information content (AvgIpc) is 2.96. The molecule has 1 atom stereocenters. The first-order chi connectivity index (χ1) is 10.2. The fourth-order valence-corrected chi connectivity index (χ4v) is 5.22. The summed E-state index contributed by atoms with van der Waals surface area (Å²) in [7, 11) is -2.15. The second kappa shape index (κ2) is 6.55. The molecule has 1 heterocycles. The molecule has 0 radical (unpaired) electrons. The lowest BCUT2D eigenvalue weighted by Crippen LogP contribution is -2.49. The molecule has 0 spiro atoms. The van der Waals surface area contributed by atoms with E-state index in [9.17, 15) is 17.6 Å². The Bertz CT molecular complexity index is 647. The number of nitrogens with zero attached hydrogens (tertiary/aromatic N) is 2. The van der Waals surface area contributed by atoms with Crippen molar-refractivity contribution < 1.29 is 17.6 Å². The summed E-state index contributed by atoms with van der Waals surface area (Å²) in [6.07, 6.45) is 0. The van der Waals surface area contributed by atoms with E-state index in [-0.39, 0.29) is 22.7 Å². The van der Waals surface area contributed by atoms with Crippen LogP contribution in [0.5, 0.6) is 0 Å². The molecule has 2 rings (SSSR count). The van der Waals surface area contributed by atoms with Crippen molar-refractivity contribution in [3.63, 3.8) is 0 Å². The predicted molar refractivity (Wildman–Crippen MR) is 84.4 cm³/mol. The van der Waals surface area contributed by atoms with Crippen molar-refractivity contribution in [1.29, 1.82) is 0 Å². The van der Waals surface area contributed by atoms with Crippen molar-refractivity contribution in [2.24, 2.45) is 0 Å². The highest BCUT2D eigenvalue weighted by Gasteiger charge is 2.41. The fourth-order valence-electron chi connectivity index (χ4n) is 2.09. The van der Waals surface area contributed by atoms with E-state index in [0.717, 1.165) is 12.1 Å². The van der Waals surface area contributed by atoms with Crippen molar-refractivity contribution in [1.82, 2.24) is 9.21 Å². The Morgan fingerprint density at radius 1 is 1.36 bits per heavy atom. The molecule has 1 saturated heterocycles. The monoisotopic (exact) mass is 346 g/mol. The van der Waals surface area contributed by atoms with E-state index in [2.05, 4.69) is 0 Å². The molecular formula is C14H19FN2O3S2. The van der Waals surface area contributed by atoms with Crippen molar-refractivity contribution in [2.45, 2.75) is 30.8 Å². The molecule has 1 aliphatic heterocycles. The Morgan fingerprint density at radius 3 is 2.50 bits per heavy atom. The van der Waals surface area contributed by atoms with E-state index >= 15 is 0 Å². The van der Waals surface area contributed by atoms with Gasteiger partial charge in [-0.15, -0.1) is 11.8 Å². The summed E-state index contributed by atoms with van der Waals surface area (Å²) in [6, 6.07) is 3.93. The van der Waals surface area contributed by atoms with Crippen molar-refractivity contribution in [3.8, 4) is 0 Å². The minimum atomic E-state index is -3.81. The van der Waals surface area contributed by atoms with Crippen LogP contribution in [0.3, 0.4) is 0 Å². The Kier molecular flexibility index (Phi) is 5.14. The predicted octanol–water partition coefficient (Wildman–Crippen LogP) is 1.76. The van der Waals surface area contributed by atoms with Gasteiger partial charge in [-0.1, -0.05) is 0 Å². The Labute approximate surface area is 134 Å². The number of carbonyl (C=O) groups excluding carboxylic acids is 1. The number of rotatable bonds is 4. The van der Waals surface area contributed by atoms with Gasteiger partial charge >= 0.3 is 0 Å². The van der Waals surface area contributed by atoms with Gasteiger partial charge in [-0.05, 0) is 38.1 Å². The minimum absolute atomic E-state index is 0.00130. The second-order valence-corrected chi connectivity index (χ2v) is 8.29. The van der Waals surface area contributed by atoms with E-state index in [1.165, 1.54) is 28.2 Å². The SMILES string of the molecule is CC(C)N(C)C(=O)C1CSCN1S(=O)(=O)c1ccc(F)cc1.